The van der Waals surface area contributed by atoms with Crippen molar-refractivity contribution in [3.8, 4) is 0 Å². The number of benzene rings is 1. The highest BCUT2D eigenvalue weighted by molar-refractivity contribution is 6.30. The van der Waals surface area contributed by atoms with Gasteiger partial charge in [-0.25, -0.2) is 0 Å². The van der Waals surface area contributed by atoms with Gasteiger partial charge in [-0.2, -0.15) is 0 Å². The molecule has 0 heterocycles. The molecule has 120 valence electrons. The summed E-state index contributed by atoms with van der Waals surface area (Å²) in [5.74, 6) is -0.497. The lowest BCUT2D eigenvalue weighted by molar-refractivity contribution is -0.127. The molecule has 0 spiro atoms. The van der Waals surface area contributed by atoms with Gasteiger partial charge in [0.15, 0.2) is 0 Å². The number of aliphatic hydroxyl groups excluding tert-OH is 1. The molecular weight excluding hydrogens is 304 g/mol. The van der Waals surface area contributed by atoms with Crippen molar-refractivity contribution in [3.63, 3.8) is 0 Å². The van der Waals surface area contributed by atoms with Gasteiger partial charge in [-0.3, -0.25) is 9.59 Å². The zero-order valence-corrected chi connectivity index (χ0v) is 13.1. The van der Waals surface area contributed by atoms with Crippen molar-refractivity contribution >= 4 is 29.1 Å². The second-order valence-corrected chi connectivity index (χ2v) is 5.99. The second kappa shape index (κ2) is 8.15. The molecule has 2 rings (SSSR count). The van der Waals surface area contributed by atoms with Crippen LogP contribution in [0.25, 0.3) is 0 Å². The largest absolute Gasteiger partial charge is 0.392 e. The first-order chi connectivity index (χ1) is 10.6. The highest BCUT2D eigenvalue weighted by atomic mass is 35.5. The average molecular weight is 325 g/mol. The van der Waals surface area contributed by atoms with Gasteiger partial charge in [-0.15, -0.1) is 0 Å². The SMILES string of the molecule is O=C(CCCNC(=O)C1CCCC1O)Nc1ccc(Cl)cc1. The van der Waals surface area contributed by atoms with Gasteiger partial charge in [-0.1, -0.05) is 11.6 Å². The minimum atomic E-state index is -0.520. The number of aliphatic hydroxyl groups is 1. The third-order valence-corrected chi connectivity index (χ3v) is 4.08. The van der Waals surface area contributed by atoms with Gasteiger partial charge in [0, 0.05) is 23.7 Å². The van der Waals surface area contributed by atoms with Crippen LogP contribution in [-0.2, 0) is 9.59 Å². The van der Waals surface area contributed by atoms with Crippen molar-refractivity contribution in [1.29, 1.82) is 0 Å². The Kier molecular flexibility index (Phi) is 6.21. The number of carbonyl (C=O) groups excluding carboxylic acids is 2. The van der Waals surface area contributed by atoms with Crippen LogP contribution in [0.1, 0.15) is 32.1 Å². The standard InChI is InChI=1S/C16H21ClN2O3/c17-11-6-8-12(9-7-11)19-15(21)5-2-10-18-16(22)13-3-1-4-14(13)20/h6-9,13-14,20H,1-5,10H2,(H,18,22)(H,19,21). The topological polar surface area (TPSA) is 78.4 Å². The summed E-state index contributed by atoms with van der Waals surface area (Å²) in [6, 6.07) is 6.90. The molecule has 0 radical (unpaired) electrons. The lowest BCUT2D eigenvalue weighted by atomic mass is 10.1. The first kappa shape index (κ1) is 16.8. The molecule has 0 saturated heterocycles. The maximum absolute atomic E-state index is 11.8. The number of hydrogen-bond donors (Lipinski definition) is 3. The van der Waals surface area contributed by atoms with Gasteiger partial charge in [-0.05, 0) is 49.9 Å². The third kappa shape index (κ3) is 5.00. The zero-order valence-electron chi connectivity index (χ0n) is 12.3. The van der Waals surface area contributed by atoms with Crippen LogP contribution >= 0.6 is 11.6 Å². The summed E-state index contributed by atoms with van der Waals surface area (Å²) in [5, 5.41) is 15.8. The van der Waals surface area contributed by atoms with Crippen LogP contribution in [0.15, 0.2) is 24.3 Å². The van der Waals surface area contributed by atoms with Crippen LogP contribution in [0.2, 0.25) is 5.02 Å². The molecule has 1 saturated carbocycles. The van der Waals surface area contributed by atoms with E-state index in [-0.39, 0.29) is 17.7 Å². The quantitative estimate of drug-likeness (QED) is 0.703. The Morgan fingerprint density at radius 1 is 1.23 bits per heavy atom. The molecule has 1 fully saturated rings. The van der Waals surface area contributed by atoms with E-state index in [2.05, 4.69) is 10.6 Å². The fourth-order valence-corrected chi connectivity index (χ4v) is 2.72. The number of halogens is 1. The lowest BCUT2D eigenvalue weighted by Gasteiger charge is -2.14. The molecule has 2 amide bonds. The van der Waals surface area contributed by atoms with E-state index in [1.54, 1.807) is 24.3 Å². The minimum absolute atomic E-state index is 0.0996. The molecule has 0 aliphatic heterocycles. The van der Waals surface area contributed by atoms with Gasteiger partial charge in [0.2, 0.25) is 11.8 Å². The number of nitrogens with one attached hydrogen (secondary N) is 2. The van der Waals surface area contributed by atoms with E-state index in [1.165, 1.54) is 0 Å². The molecular formula is C16H21ClN2O3. The van der Waals surface area contributed by atoms with E-state index in [4.69, 9.17) is 11.6 Å². The molecule has 1 aromatic carbocycles. The van der Waals surface area contributed by atoms with Crippen LogP contribution in [0, 0.1) is 5.92 Å². The number of amides is 2. The van der Waals surface area contributed by atoms with E-state index in [0.29, 0.717) is 36.5 Å². The summed E-state index contributed by atoms with van der Waals surface area (Å²) in [5.41, 5.74) is 0.701. The Hall–Kier alpha value is -1.59. The molecule has 2 unspecified atom stereocenters. The summed E-state index contributed by atoms with van der Waals surface area (Å²) in [4.78, 5) is 23.6. The summed E-state index contributed by atoms with van der Waals surface area (Å²) < 4.78 is 0. The molecule has 22 heavy (non-hydrogen) atoms. The molecule has 2 atom stereocenters. The van der Waals surface area contributed by atoms with Crippen LogP contribution in [0.3, 0.4) is 0 Å². The fourth-order valence-electron chi connectivity index (χ4n) is 2.59. The predicted octanol–water partition coefficient (Wildman–Crippen LogP) is 2.34. The highest BCUT2D eigenvalue weighted by Crippen LogP contribution is 2.25. The summed E-state index contributed by atoms with van der Waals surface area (Å²) in [6.07, 6.45) is 2.70. The fraction of sp³-hybridized carbons (Fsp3) is 0.500. The Morgan fingerprint density at radius 3 is 2.59 bits per heavy atom. The lowest BCUT2D eigenvalue weighted by Crippen LogP contribution is -2.35. The maximum atomic E-state index is 11.8. The molecule has 1 aliphatic carbocycles. The maximum Gasteiger partial charge on any atom is 0.225 e. The van der Waals surface area contributed by atoms with Crippen molar-refractivity contribution < 1.29 is 14.7 Å². The summed E-state index contributed by atoms with van der Waals surface area (Å²) >= 11 is 5.77. The van der Waals surface area contributed by atoms with Gasteiger partial charge < -0.3 is 15.7 Å². The number of anilines is 1. The Bertz CT molecular complexity index is 519. The monoisotopic (exact) mass is 324 g/mol. The van der Waals surface area contributed by atoms with Gasteiger partial charge in [0.25, 0.3) is 0 Å². The van der Waals surface area contributed by atoms with Crippen LogP contribution in [-0.4, -0.2) is 29.6 Å². The van der Waals surface area contributed by atoms with Crippen molar-refractivity contribution in [2.45, 2.75) is 38.2 Å². The Balaban J connectivity index is 1.62. The summed E-state index contributed by atoms with van der Waals surface area (Å²) in [7, 11) is 0. The van der Waals surface area contributed by atoms with E-state index in [1.807, 2.05) is 0 Å². The number of hydrogen-bond acceptors (Lipinski definition) is 3. The van der Waals surface area contributed by atoms with E-state index in [9.17, 15) is 14.7 Å². The molecule has 5 nitrogen and oxygen atoms in total. The molecule has 3 N–H and O–H groups in total. The molecule has 0 bridgehead atoms. The third-order valence-electron chi connectivity index (χ3n) is 3.82. The normalized spacial score (nSPS) is 20.6. The van der Waals surface area contributed by atoms with Crippen molar-refractivity contribution in [1.82, 2.24) is 5.32 Å². The molecule has 1 aliphatic rings. The van der Waals surface area contributed by atoms with Gasteiger partial charge >= 0.3 is 0 Å². The zero-order chi connectivity index (χ0) is 15.9. The van der Waals surface area contributed by atoms with E-state index in [0.717, 1.165) is 12.8 Å². The van der Waals surface area contributed by atoms with Crippen LogP contribution < -0.4 is 10.6 Å². The van der Waals surface area contributed by atoms with Crippen molar-refractivity contribution in [3.05, 3.63) is 29.3 Å². The number of carbonyl (C=O) groups is 2. The Labute approximate surface area is 135 Å². The first-order valence-electron chi connectivity index (χ1n) is 7.57. The van der Waals surface area contributed by atoms with E-state index < -0.39 is 6.10 Å². The molecule has 1 aromatic rings. The summed E-state index contributed by atoms with van der Waals surface area (Å²) in [6.45, 7) is 0.441. The van der Waals surface area contributed by atoms with Crippen molar-refractivity contribution in [2.24, 2.45) is 5.92 Å². The molecule has 6 heteroatoms. The van der Waals surface area contributed by atoms with E-state index >= 15 is 0 Å². The van der Waals surface area contributed by atoms with Gasteiger partial charge in [0.1, 0.15) is 0 Å². The predicted molar refractivity (Wildman–Crippen MR) is 85.7 cm³/mol. The van der Waals surface area contributed by atoms with Crippen LogP contribution in [0.4, 0.5) is 5.69 Å². The Morgan fingerprint density at radius 2 is 1.95 bits per heavy atom. The first-order valence-corrected chi connectivity index (χ1v) is 7.95. The van der Waals surface area contributed by atoms with Crippen LogP contribution in [0.5, 0.6) is 0 Å². The van der Waals surface area contributed by atoms with Crippen molar-refractivity contribution in [2.75, 3.05) is 11.9 Å². The average Bonchev–Trinajstić information content (AvgIpc) is 2.92. The highest BCUT2D eigenvalue weighted by Gasteiger charge is 2.30. The van der Waals surface area contributed by atoms with Gasteiger partial charge in [0.05, 0.1) is 12.0 Å². The smallest absolute Gasteiger partial charge is 0.225 e. The second-order valence-electron chi connectivity index (χ2n) is 5.55. The number of rotatable bonds is 6. The molecule has 0 aromatic heterocycles. The minimum Gasteiger partial charge on any atom is -0.392 e.